The van der Waals surface area contributed by atoms with Crippen LogP contribution in [0.25, 0.3) is 22.1 Å². The van der Waals surface area contributed by atoms with Gasteiger partial charge in [-0.05, 0) is 24.6 Å². The number of nitrogens with zero attached hydrogens (tertiary/aromatic N) is 6. The molecule has 0 spiro atoms. The zero-order valence-corrected chi connectivity index (χ0v) is 29.5. The van der Waals surface area contributed by atoms with Gasteiger partial charge in [-0.15, -0.1) is 11.3 Å². The van der Waals surface area contributed by atoms with Crippen LogP contribution in [0, 0.1) is 0 Å². The SMILES string of the molecule is O=C([O-])C(=O)[O-].O=C([O-])C(=O)[O-].O=C([O-])C(=O)[O-].O=C([O-])C(=O)[O-].c1ccc2c(c1)nc(NC1CCN(CCNc3nc4ccncc4[nH]3)C1)n2Cc1cscn1. The first-order valence-corrected chi connectivity index (χ1v) is 16.4. The molecule has 6 rings (SSSR count). The van der Waals surface area contributed by atoms with Crippen LogP contribution in [0.3, 0.4) is 0 Å². The Hall–Kier alpha value is -7.74. The number of pyridine rings is 1. The van der Waals surface area contributed by atoms with Gasteiger partial charge in [-0.2, -0.15) is 0 Å². The molecule has 5 heterocycles. The molecule has 4 aromatic heterocycles. The van der Waals surface area contributed by atoms with Crippen molar-refractivity contribution in [1.29, 1.82) is 0 Å². The standard InChI is InChI=1S/C23H25N9S.4C2H2O4/c1-2-4-21-19(3-1)30-23(32(21)13-17-14-33-15-26-17)27-16-6-9-31(12-16)10-8-25-22-28-18-5-7-24-11-20(18)29-22;4*3-1(4)2(5)6/h1-5,7,11,14-16H,6,8-10,12-13H2,(H,27,30)(H2,25,28,29);4*(H,3,4)(H,5,6)/p-8. The zero-order chi connectivity index (χ0) is 42.7. The van der Waals surface area contributed by atoms with Crippen molar-refractivity contribution in [2.24, 2.45) is 0 Å². The van der Waals surface area contributed by atoms with Gasteiger partial charge in [0.25, 0.3) is 0 Å². The lowest BCUT2D eigenvalue weighted by Gasteiger charge is -2.18. The van der Waals surface area contributed by atoms with E-state index in [2.05, 4.69) is 63.6 Å². The molecule has 1 atom stereocenters. The third kappa shape index (κ3) is 16.0. The fraction of sp³-hybridized carbons (Fsp3) is 0.226. The van der Waals surface area contributed by atoms with Crippen LogP contribution in [0.1, 0.15) is 12.1 Å². The normalized spacial score (nSPS) is 12.7. The van der Waals surface area contributed by atoms with Crippen molar-refractivity contribution >= 4 is 93.1 Å². The summed E-state index contributed by atoms with van der Waals surface area (Å²) in [6, 6.07) is 10.6. The molecule has 1 aromatic carbocycles. The lowest BCUT2D eigenvalue weighted by molar-refractivity contribution is -0.345. The summed E-state index contributed by atoms with van der Waals surface area (Å²) in [5, 5.41) is 80.6. The highest BCUT2D eigenvalue weighted by Crippen LogP contribution is 2.23. The Kier molecular flexibility index (Phi) is 17.9. The van der Waals surface area contributed by atoms with Gasteiger partial charge in [-0.1, -0.05) is 12.1 Å². The smallest absolute Gasteiger partial charge is 0.204 e. The summed E-state index contributed by atoms with van der Waals surface area (Å²) in [5.41, 5.74) is 6.96. The Bertz CT molecular complexity index is 2010. The van der Waals surface area contributed by atoms with Gasteiger partial charge in [0.05, 0.1) is 93.8 Å². The van der Waals surface area contributed by atoms with Crippen molar-refractivity contribution in [1.82, 2.24) is 34.4 Å². The molecule has 26 heteroatoms. The minimum Gasteiger partial charge on any atom is -0.543 e. The molecule has 1 saturated heterocycles. The maximum absolute atomic E-state index is 8.93. The van der Waals surface area contributed by atoms with E-state index in [-0.39, 0.29) is 0 Å². The van der Waals surface area contributed by atoms with Crippen molar-refractivity contribution in [2.45, 2.75) is 19.0 Å². The van der Waals surface area contributed by atoms with E-state index in [0.717, 1.165) is 78.8 Å². The van der Waals surface area contributed by atoms with Gasteiger partial charge in [0.1, 0.15) is 0 Å². The Morgan fingerprint density at radius 1 is 0.772 bits per heavy atom. The lowest BCUT2D eigenvalue weighted by Crippen LogP contribution is -2.42. The molecular formula is C31H25N9O16S-8. The topological polar surface area (TPSA) is 421 Å². The van der Waals surface area contributed by atoms with E-state index in [0.29, 0.717) is 6.04 Å². The van der Waals surface area contributed by atoms with E-state index in [1.54, 1.807) is 23.7 Å². The molecule has 0 aliphatic carbocycles. The van der Waals surface area contributed by atoms with Gasteiger partial charge in [-0.3, -0.25) is 9.88 Å². The largest absolute Gasteiger partial charge is 0.543 e. The van der Waals surface area contributed by atoms with E-state index in [1.165, 1.54) is 0 Å². The number of anilines is 2. The monoisotopic (exact) mass is 811 g/mol. The second-order valence-corrected chi connectivity index (χ2v) is 11.3. The maximum atomic E-state index is 8.93. The lowest BCUT2D eigenvalue weighted by atomic mass is 10.3. The second-order valence-electron chi connectivity index (χ2n) is 10.6. The number of nitrogens with one attached hydrogen (secondary N) is 3. The molecule has 1 unspecified atom stereocenters. The molecule has 0 saturated carbocycles. The number of aliphatic carboxylic acids is 8. The number of rotatable bonds is 8. The number of likely N-dealkylation sites (tertiary alicyclic amines) is 1. The second kappa shape index (κ2) is 22.5. The average Bonchev–Trinajstić information content (AvgIpc) is 3.97. The first-order valence-electron chi connectivity index (χ1n) is 15.4. The number of H-pyrrole nitrogens is 1. The first kappa shape index (κ1) is 45.4. The molecule has 57 heavy (non-hydrogen) atoms. The third-order valence-electron chi connectivity index (χ3n) is 6.73. The molecule has 0 amide bonds. The number of aromatic nitrogens is 6. The summed E-state index contributed by atoms with van der Waals surface area (Å²) in [7, 11) is 0. The molecule has 5 aromatic rings. The minimum atomic E-state index is -2.19. The number of para-hydroxylation sites is 2. The number of hydrogen-bond acceptors (Lipinski definition) is 24. The van der Waals surface area contributed by atoms with E-state index >= 15 is 0 Å². The molecule has 0 bridgehead atoms. The van der Waals surface area contributed by atoms with Crippen molar-refractivity contribution in [3.63, 3.8) is 0 Å². The Morgan fingerprint density at radius 3 is 1.88 bits per heavy atom. The Morgan fingerprint density at radius 2 is 1.35 bits per heavy atom. The number of fused-ring (bicyclic) bond motifs is 2. The Labute approximate surface area is 321 Å². The van der Waals surface area contributed by atoms with Gasteiger partial charge in [0.2, 0.25) is 11.9 Å². The summed E-state index contributed by atoms with van der Waals surface area (Å²) >= 11 is 1.63. The number of aromatic amines is 1. The van der Waals surface area contributed by atoms with Gasteiger partial charge in [0.15, 0.2) is 0 Å². The van der Waals surface area contributed by atoms with Gasteiger partial charge >= 0.3 is 0 Å². The van der Waals surface area contributed by atoms with Crippen molar-refractivity contribution < 1.29 is 79.2 Å². The predicted molar refractivity (Wildman–Crippen MR) is 172 cm³/mol. The number of thiazole rings is 1. The fourth-order valence-corrected chi connectivity index (χ4v) is 4.98. The first-order chi connectivity index (χ1) is 26.9. The summed E-state index contributed by atoms with van der Waals surface area (Å²) in [6.07, 6.45) is 4.65. The summed E-state index contributed by atoms with van der Waals surface area (Å²) < 4.78 is 2.24. The van der Waals surface area contributed by atoms with Crippen LogP contribution in [0.5, 0.6) is 0 Å². The van der Waals surface area contributed by atoms with E-state index in [4.69, 9.17) is 84.2 Å². The number of carbonyl (C=O) groups is 8. The van der Waals surface area contributed by atoms with Crippen molar-refractivity contribution in [3.8, 4) is 0 Å². The maximum Gasteiger partial charge on any atom is 0.204 e. The van der Waals surface area contributed by atoms with Crippen LogP contribution in [0.15, 0.2) is 53.6 Å². The molecule has 0 radical (unpaired) electrons. The summed E-state index contributed by atoms with van der Waals surface area (Å²) in [5.74, 6) is -15.8. The van der Waals surface area contributed by atoms with Crippen LogP contribution in [0.4, 0.5) is 11.9 Å². The molecule has 25 nitrogen and oxygen atoms in total. The molecule has 1 aliphatic rings. The molecule has 3 N–H and O–H groups in total. The molecular weight excluding hydrogens is 786 g/mol. The zero-order valence-electron chi connectivity index (χ0n) is 28.6. The molecule has 1 fully saturated rings. The van der Waals surface area contributed by atoms with Crippen LogP contribution in [-0.4, -0.2) is 114 Å². The molecule has 304 valence electrons. The number of hydrogen-bond donors (Lipinski definition) is 3. The van der Waals surface area contributed by atoms with E-state index in [9.17, 15) is 0 Å². The van der Waals surface area contributed by atoms with Crippen molar-refractivity contribution in [2.75, 3.05) is 36.8 Å². The number of carboxylic acids is 8. The highest BCUT2D eigenvalue weighted by Gasteiger charge is 2.24. The Balaban J connectivity index is 0.000000382. The highest BCUT2D eigenvalue weighted by atomic mass is 32.1. The number of benzene rings is 1. The summed E-state index contributed by atoms with van der Waals surface area (Å²) in [6.45, 7) is 4.58. The summed E-state index contributed by atoms with van der Waals surface area (Å²) in [4.78, 5) is 95.2. The van der Waals surface area contributed by atoms with E-state index in [1.807, 2.05) is 17.6 Å². The van der Waals surface area contributed by atoms with Crippen LogP contribution in [0.2, 0.25) is 0 Å². The third-order valence-corrected chi connectivity index (χ3v) is 7.37. The van der Waals surface area contributed by atoms with Gasteiger partial charge < -0.3 is 99.4 Å². The quantitative estimate of drug-likeness (QED) is 0.122. The minimum absolute atomic E-state index is 0.369. The van der Waals surface area contributed by atoms with Gasteiger partial charge in [-0.25, -0.2) is 15.0 Å². The average molecular weight is 812 g/mol. The van der Waals surface area contributed by atoms with E-state index < -0.39 is 47.8 Å². The van der Waals surface area contributed by atoms with Crippen molar-refractivity contribution in [3.05, 3.63) is 59.3 Å². The van der Waals surface area contributed by atoms with Gasteiger partial charge in [0, 0.05) is 43.8 Å². The van der Waals surface area contributed by atoms with Crippen LogP contribution < -0.4 is 51.5 Å². The predicted octanol–water partition coefficient (Wildman–Crippen LogP) is -10.6. The fourth-order valence-electron chi connectivity index (χ4n) is 4.43. The number of carboxylic acid groups (broad SMARTS) is 8. The highest BCUT2D eigenvalue weighted by molar-refractivity contribution is 7.07. The molecule has 1 aliphatic heterocycles. The number of carbonyl (C=O) groups excluding carboxylic acids is 8. The number of imidazole rings is 2. The van der Waals surface area contributed by atoms with Crippen LogP contribution >= 0.6 is 11.3 Å². The van der Waals surface area contributed by atoms with Crippen LogP contribution in [-0.2, 0) is 44.9 Å².